The number of aliphatic hydroxyl groups is 1. The Labute approximate surface area is 226 Å². The molecular weight excluding hydrogens is 498 g/mol. The minimum Gasteiger partial charge on any atom is -0.390 e. The van der Waals surface area contributed by atoms with Gasteiger partial charge in [-0.1, -0.05) is 12.1 Å². The number of benzene rings is 1. The average Bonchev–Trinajstić information content (AvgIpc) is 3.50. The number of imidazole rings is 2. The van der Waals surface area contributed by atoms with Crippen molar-refractivity contribution in [3.63, 3.8) is 0 Å². The molecule has 1 amide bonds. The lowest BCUT2D eigenvalue weighted by Crippen LogP contribution is -2.44. The lowest BCUT2D eigenvalue weighted by atomic mass is 9.83. The van der Waals surface area contributed by atoms with Crippen LogP contribution in [-0.2, 0) is 11.8 Å². The topological polar surface area (TPSA) is 126 Å². The lowest BCUT2D eigenvalue weighted by molar-refractivity contribution is -0.0110. The molecule has 0 radical (unpaired) electrons. The molecular formula is C27H35N9O3. The number of piperidine rings is 1. The number of fused-ring (bicyclic) bond motifs is 2. The van der Waals surface area contributed by atoms with Gasteiger partial charge in [-0.05, 0) is 44.7 Å². The van der Waals surface area contributed by atoms with Gasteiger partial charge in [-0.15, -0.1) is 0 Å². The molecule has 2 aliphatic heterocycles. The molecule has 0 aliphatic carbocycles. The third kappa shape index (κ3) is 4.47. The number of nitrogens with zero attached hydrogens (tertiary/aromatic N) is 8. The summed E-state index contributed by atoms with van der Waals surface area (Å²) in [4.78, 5) is 37.1. The first-order valence-electron chi connectivity index (χ1n) is 13.5. The van der Waals surface area contributed by atoms with E-state index in [9.17, 15) is 9.90 Å². The van der Waals surface area contributed by atoms with Crippen molar-refractivity contribution in [2.75, 3.05) is 56.7 Å². The summed E-state index contributed by atoms with van der Waals surface area (Å²) in [5.74, 6) is 2.11. The van der Waals surface area contributed by atoms with Crippen molar-refractivity contribution in [2.24, 2.45) is 13.0 Å². The van der Waals surface area contributed by atoms with Crippen molar-refractivity contribution in [3.8, 4) is 5.95 Å². The minimum absolute atomic E-state index is 0.136. The number of nitrogens with one attached hydrogen (secondary N) is 1. The maximum Gasteiger partial charge on any atom is 0.289 e. The molecule has 1 aromatic carbocycles. The predicted molar refractivity (Wildman–Crippen MR) is 148 cm³/mol. The fourth-order valence-corrected chi connectivity index (χ4v) is 5.65. The van der Waals surface area contributed by atoms with Gasteiger partial charge < -0.3 is 29.5 Å². The number of likely N-dealkylation sites (tertiary alicyclic amines) is 1. The number of aryl methyl sites for hydroxylation is 1. The zero-order chi connectivity index (χ0) is 27.3. The van der Waals surface area contributed by atoms with Crippen molar-refractivity contribution in [2.45, 2.75) is 32.3 Å². The SMILES string of the molecule is CNc1nc2ccccc2n1-c1nc(N2CCOCC2)c2nc(C(=O)N3CCC(C(C)(C)O)CC3)n(C)c2n1. The van der Waals surface area contributed by atoms with Crippen molar-refractivity contribution in [3.05, 3.63) is 30.1 Å². The number of hydrogen-bond acceptors (Lipinski definition) is 9. The molecule has 0 unspecified atom stereocenters. The van der Waals surface area contributed by atoms with Gasteiger partial charge in [0.05, 0.1) is 29.8 Å². The van der Waals surface area contributed by atoms with Crippen LogP contribution in [0.5, 0.6) is 0 Å². The van der Waals surface area contributed by atoms with Crippen LogP contribution in [0.1, 0.15) is 37.3 Å². The first kappa shape index (κ1) is 25.5. The van der Waals surface area contributed by atoms with Crippen LogP contribution in [0.4, 0.5) is 11.8 Å². The second-order valence-corrected chi connectivity index (χ2v) is 10.8. The molecule has 4 aromatic rings. The van der Waals surface area contributed by atoms with Crippen LogP contribution in [0.2, 0.25) is 0 Å². The second kappa shape index (κ2) is 9.76. The van der Waals surface area contributed by atoms with Crippen LogP contribution in [0, 0.1) is 5.92 Å². The molecule has 0 saturated carbocycles. The molecule has 206 valence electrons. The van der Waals surface area contributed by atoms with Gasteiger partial charge in [0.1, 0.15) is 0 Å². The largest absolute Gasteiger partial charge is 0.390 e. The number of ether oxygens (including phenoxy) is 1. The number of rotatable bonds is 5. The van der Waals surface area contributed by atoms with Crippen LogP contribution >= 0.6 is 0 Å². The van der Waals surface area contributed by atoms with E-state index in [1.807, 2.05) is 61.7 Å². The van der Waals surface area contributed by atoms with Gasteiger partial charge >= 0.3 is 0 Å². The quantitative estimate of drug-likeness (QED) is 0.397. The van der Waals surface area contributed by atoms with Gasteiger partial charge in [-0.3, -0.25) is 4.79 Å². The maximum atomic E-state index is 13.7. The molecule has 6 rings (SSSR count). The molecule has 2 saturated heterocycles. The zero-order valence-electron chi connectivity index (χ0n) is 22.9. The zero-order valence-corrected chi connectivity index (χ0v) is 22.9. The summed E-state index contributed by atoms with van der Waals surface area (Å²) < 4.78 is 9.26. The van der Waals surface area contributed by atoms with Crippen molar-refractivity contribution >= 4 is 39.9 Å². The number of aromatic nitrogens is 6. The van der Waals surface area contributed by atoms with E-state index in [1.165, 1.54) is 0 Å². The molecule has 12 nitrogen and oxygen atoms in total. The number of carbonyl (C=O) groups excluding carboxylic acids is 1. The Morgan fingerprint density at radius 3 is 2.46 bits per heavy atom. The number of carbonyl (C=O) groups is 1. The summed E-state index contributed by atoms with van der Waals surface area (Å²) in [5, 5.41) is 13.6. The molecule has 2 aliphatic rings. The predicted octanol–water partition coefficient (Wildman–Crippen LogP) is 2.20. The molecule has 3 aromatic heterocycles. The molecule has 0 spiro atoms. The lowest BCUT2D eigenvalue weighted by Gasteiger charge is -2.37. The summed E-state index contributed by atoms with van der Waals surface area (Å²) >= 11 is 0. The molecule has 0 bridgehead atoms. The van der Waals surface area contributed by atoms with Crippen LogP contribution in [0.15, 0.2) is 24.3 Å². The first-order valence-corrected chi connectivity index (χ1v) is 13.5. The Hall–Kier alpha value is -3.77. The average molecular weight is 534 g/mol. The van der Waals surface area contributed by atoms with Gasteiger partial charge in [0.2, 0.25) is 17.7 Å². The van der Waals surface area contributed by atoms with Crippen molar-refractivity contribution in [1.29, 1.82) is 0 Å². The first-order chi connectivity index (χ1) is 18.8. The van der Waals surface area contributed by atoms with Gasteiger partial charge in [-0.2, -0.15) is 9.97 Å². The second-order valence-electron chi connectivity index (χ2n) is 10.8. The Morgan fingerprint density at radius 1 is 1.05 bits per heavy atom. The highest BCUT2D eigenvalue weighted by Gasteiger charge is 2.34. The summed E-state index contributed by atoms with van der Waals surface area (Å²) in [6, 6.07) is 7.85. The smallest absolute Gasteiger partial charge is 0.289 e. The molecule has 0 atom stereocenters. The third-order valence-corrected chi connectivity index (χ3v) is 7.96. The third-order valence-electron chi connectivity index (χ3n) is 7.96. The van der Waals surface area contributed by atoms with E-state index in [1.54, 1.807) is 4.57 Å². The Balaban J connectivity index is 1.45. The number of amides is 1. The van der Waals surface area contributed by atoms with Gasteiger partial charge in [0.15, 0.2) is 17.0 Å². The number of para-hydroxylation sites is 2. The molecule has 2 fully saturated rings. The van der Waals surface area contributed by atoms with Crippen LogP contribution in [0.3, 0.4) is 0 Å². The monoisotopic (exact) mass is 533 g/mol. The Bertz CT molecular complexity index is 1520. The molecule has 39 heavy (non-hydrogen) atoms. The molecule has 2 N–H and O–H groups in total. The number of anilines is 2. The summed E-state index contributed by atoms with van der Waals surface area (Å²) in [6.45, 7) is 7.35. The standard InChI is InChI=1S/C27H35N9O3/c1-27(2,38)17-9-11-35(12-10-17)24(37)23-30-20-21(33(23)4)31-26(32-22(20)34-13-15-39-16-14-34)36-19-8-6-5-7-18(19)29-25(36)28-3/h5-8,17,38H,9-16H2,1-4H3,(H,28,29). The van der Waals surface area contributed by atoms with E-state index < -0.39 is 5.60 Å². The molecule has 5 heterocycles. The highest BCUT2D eigenvalue weighted by molar-refractivity contribution is 5.96. The summed E-state index contributed by atoms with van der Waals surface area (Å²) in [5.41, 5.74) is 2.12. The fourth-order valence-electron chi connectivity index (χ4n) is 5.65. The van der Waals surface area contributed by atoms with E-state index in [2.05, 4.69) is 10.2 Å². The molecule has 12 heteroatoms. The minimum atomic E-state index is -0.754. The van der Waals surface area contributed by atoms with Crippen molar-refractivity contribution < 1.29 is 14.6 Å². The van der Waals surface area contributed by atoms with E-state index in [0.29, 0.717) is 74.1 Å². The summed E-state index contributed by atoms with van der Waals surface area (Å²) in [7, 11) is 3.65. The van der Waals surface area contributed by atoms with Crippen LogP contribution < -0.4 is 10.2 Å². The van der Waals surface area contributed by atoms with E-state index >= 15 is 0 Å². The van der Waals surface area contributed by atoms with Gasteiger partial charge in [0, 0.05) is 40.3 Å². The number of morpholine rings is 1. The normalized spacial score (nSPS) is 17.4. The number of hydrogen-bond donors (Lipinski definition) is 2. The maximum absolute atomic E-state index is 13.7. The van der Waals surface area contributed by atoms with Crippen LogP contribution in [0.25, 0.3) is 28.1 Å². The Morgan fingerprint density at radius 2 is 1.77 bits per heavy atom. The van der Waals surface area contributed by atoms with E-state index in [-0.39, 0.29) is 11.8 Å². The van der Waals surface area contributed by atoms with E-state index in [0.717, 1.165) is 23.9 Å². The summed E-state index contributed by atoms with van der Waals surface area (Å²) in [6.07, 6.45) is 1.51. The van der Waals surface area contributed by atoms with Gasteiger partial charge in [-0.25, -0.2) is 14.5 Å². The van der Waals surface area contributed by atoms with Gasteiger partial charge in [0.25, 0.3) is 5.91 Å². The fraction of sp³-hybridized carbons (Fsp3) is 0.519. The highest BCUT2D eigenvalue weighted by Crippen LogP contribution is 2.31. The Kier molecular flexibility index (Phi) is 6.38. The van der Waals surface area contributed by atoms with Crippen molar-refractivity contribution in [1.82, 2.24) is 34.0 Å². The van der Waals surface area contributed by atoms with Crippen LogP contribution in [-0.4, -0.2) is 97.0 Å². The van der Waals surface area contributed by atoms with E-state index in [4.69, 9.17) is 24.7 Å². The highest BCUT2D eigenvalue weighted by atomic mass is 16.5.